The van der Waals surface area contributed by atoms with Crippen LogP contribution in [0.3, 0.4) is 0 Å². The first-order chi connectivity index (χ1) is 18.8. The second kappa shape index (κ2) is 10.8. The van der Waals surface area contributed by atoms with Crippen molar-refractivity contribution in [3.05, 3.63) is 49.6 Å². The molecule has 39 heavy (non-hydrogen) atoms. The molecule has 3 unspecified atom stereocenters. The number of hydrogen-bond acceptors (Lipinski definition) is 7. The monoisotopic (exact) mass is 600 g/mol. The molecule has 3 fully saturated rings. The summed E-state index contributed by atoms with van der Waals surface area (Å²) in [5.41, 5.74) is 0.291. The fraction of sp³-hybridized carbons (Fsp3) is 0.519. The largest absolute Gasteiger partial charge is 0.396 e. The van der Waals surface area contributed by atoms with E-state index in [0.29, 0.717) is 24.9 Å². The van der Waals surface area contributed by atoms with Crippen molar-refractivity contribution in [1.82, 2.24) is 29.7 Å². The molecule has 6 atom stereocenters. The molecule has 3 amide bonds. The van der Waals surface area contributed by atoms with E-state index in [-0.39, 0.29) is 48.9 Å². The van der Waals surface area contributed by atoms with Gasteiger partial charge in [-0.1, -0.05) is 45.4 Å². The minimum Gasteiger partial charge on any atom is -0.396 e. The van der Waals surface area contributed by atoms with Gasteiger partial charge in [0, 0.05) is 38.1 Å². The number of nitrogens with zero attached hydrogens (tertiary/aromatic N) is 6. The minimum absolute atomic E-state index is 0.0935. The number of carbonyl (C=O) groups is 3. The number of halogens is 1. The summed E-state index contributed by atoms with van der Waals surface area (Å²) in [6.07, 6.45) is 3.41. The summed E-state index contributed by atoms with van der Waals surface area (Å²) in [7, 11) is 1.67. The van der Waals surface area contributed by atoms with Gasteiger partial charge in [0.05, 0.1) is 23.5 Å². The van der Waals surface area contributed by atoms with Crippen LogP contribution in [0.2, 0.25) is 0 Å². The Morgan fingerprint density at radius 2 is 2.00 bits per heavy atom. The number of benzene rings is 1. The van der Waals surface area contributed by atoms with Gasteiger partial charge in [-0.25, -0.2) is 4.68 Å². The van der Waals surface area contributed by atoms with Crippen molar-refractivity contribution in [2.45, 2.75) is 42.1 Å². The Kier molecular flexibility index (Phi) is 7.62. The zero-order valence-corrected chi connectivity index (χ0v) is 23.4. The van der Waals surface area contributed by atoms with Gasteiger partial charge in [0.25, 0.3) is 0 Å². The molecule has 0 aliphatic carbocycles. The number of alkyl halides is 1. The molecule has 0 saturated carbocycles. The van der Waals surface area contributed by atoms with Crippen molar-refractivity contribution in [1.29, 1.82) is 0 Å². The molecule has 1 N–H and O–H groups in total. The normalized spacial score (nSPS) is 29.1. The van der Waals surface area contributed by atoms with Crippen LogP contribution in [-0.2, 0) is 25.8 Å². The average molecular weight is 602 g/mol. The molecule has 3 aliphatic rings. The molecule has 4 heterocycles. The highest BCUT2D eigenvalue weighted by atomic mass is 79.9. The first-order valence-electron chi connectivity index (χ1n) is 13.1. The SMILES string of the molecule is C=CCN(C)C(=O)[C@H]1[C@H]2C(=O)N(CCCO)C(C(=O)N(CC=C)Cn3nnc4ccccc43)C23CC(Br)[C@@H]1O3. The molecular formula is C27H33BrN6O5. The molecular weight excluding hydrogens is 568 g/mol. The fourth-order valence-electron chi connectivity index (χ4n) is 6.44. The van der Waals surface area contributed by atoms with E-state index in [1.54, 1.807) is 28.8 Å². The van der Waals surface area contributed by atoms with Gasteiger partial charge in [-0.2, -0.15) is 0 Å². The summed E-state index contributed by atoms with van der Waals surface area (Å²) < 4.78 is 8.19. The lowest BCUT2D eigenvalue weighted by molar-refractivity contribution is -0.149. The molecule has 5 rings (SSSR count). The highest BCUT2D eigenvalue weighted by Gasteiger charge is 2.76. The zero-order valence-electron chi connectivity index (χ0n) is 21.9. The highest BCUT2D eigenvalue weighted by molar-refractivity contribution is 9.09. The van der Waals surface area contributed by atoms with E-state index in [1.165, 1.54) is 9.80 Å². The lowest BCUT2D eigenvalue weighted by Gasteiger charge is -2.37. The molecule has 2 bridgehead atoms. The van der Waals surface area contributed by atoms with Crippen molar-refractivity contribution < 1.29 is 24.2 Å². The maximum absolute atomic E-state index is 14.4. The van der Waals surface area contributed by atoms with Crippen molar-refractivity contribution in [3.63, 3.8) is 0 Å². The third kappa shape index (κ3) is 4.38. The van der Waals surface area contributed by atoms with Gasteiger partial charge < -0.3 is 24.5 Å². The molecule has 1 spiro atoms. The predicted octanol–water partition coefficient (Wildman–Crippen LogP) is 1.18. The van der Waals surface area contributed by atoms with E-state index >= 15 is 0 Å². The van der Waals surface area contributed by atoms with E-state index < -0.39 is 29.6 Å². The molecule has 3 aliphatic heterocycles. The highest BCUT2D eigenvalue weighted by Crippen LogP contribution is 2.60. The number of likely N-dealkylation sites (tertiary alicyclic amines) is 1. The summed E-state index contributed by atoms with van der Waals surface area (Å²) >= 11 is 3.69. The fourth-order valence-corrected chi connectivity index (χ4v) is 7.38. The van der Waals surface area contributed by atoms with E-state index in [2.05, 4.69) is 39.4 Å². The lowest BCUT2D eigenvalue weighted by Crippen LogP contribution is -2.57. The number of ether oxygens (including phenoxy) is 1. The summed E-state index contributed by atoms with van der Waals surface area (Å²) in [6, 6.07) is 6.49. The van der Waals surface area contributed by atoms with Gasteiger partial charge in [-0.3, -0.25) is 14.4 Å². The van der Waals surface area contributed by atoms with Crippen LogP contribution in [0, 0.1) is 11.8 Å². The number of para-hydroxylation sites is 1. The van der Waals surface area contributed by atoms with Crippen LogP contribution in [0.5, 0.6) is 0 Å². The van der Waals surface area contributed by atoms with Crippen molar-refractivity contribution in [3.8, 4) is 0 Å². The Hall–Kier alpha value is -3.09. The van der Waals surface area contributed by atoms with Crippen LogP contribution in [0.4, 0.5) is 0 Å². The van der Waals surface area contributed by atoms with E-state index in [4.69, 9.17) is 4.74 Å². The van der Waals surface area contributed by atoms with Gasteiger partial charge in [-0.15, -0.1) is 18.3 Å². The number of aromatic nitrogens is 3. The van der Waals surface area contributed by atoms with Crippen molar-refractivity contribution >= 4 is 44.7 Å². The van der Waals surface area contributed by atoms with E-state index in [0.717, 1.165) is 5.52 Å². The summed E-state index contributed by atoms with van der Waals surface area (Å²) in [4.78, 5) is 46.4. The van der Waals surface area contributed by atoms with Gasteiger partial charge in [0.2, 0.25) is 17.7 Å². The third-order valence-electron chi connectivity index (χ3n) is 8.03. The van der Waals surface area contributed by atoms with E-state index in [9.17, 15) is 19.5 Å². The average Bonchev–Trinajstić information content (AvgIpc) is 3.64. The van der Waals surface area contributed by atoms with Gasteiger partial charge >= 0.3 is 0 Å². The first kappa shape index (κ1) is 27.5. The number of aliphatic hydroxyl groups excluding tert-OH is 1. The number of carbonyl (C=O) groups excluding carboxylic acids is 3. The van der Waals surface area contributed by atoms with Crippen molar-refractivity contribution in [2.75, 3.05) is 33.3 Å². The molecule has 1 aromatic carbocycles. The van der Waals surface area contributed by atoms with Crippen LogP contribution < -0.4 is 0 Å². The number of hydrogen-bond donors (Lipinski definition) is 1. The van der Waals surface area contributed by atoms with Crippen LogP contribution in [0.15, 0.2) is 49.6 Å². The lowest BCUT2D eigenvalue weighted by atomic mass is 9.70. The third-order valence-corrected chi connectivity index (χ3v) is 8.88. The topological polar surface area (TPSA) is 121 Å². The molecule has 0 radical (unpaired) electrons. The van der Waals surface area contributed by atoms with Crippen molar-refractivity contribution in [2.24, 2.45) is 11.8 Å². The van der Waals surface area contributed by atoms with Gasteiger partial charge in [0.1, 0.15) is 23.8 Å². The quantitative estimate of drug-likeness (QED) is 0.303. The molecule has 12 heteroatoms. The number of aliphatic hydroxyl groups is 1. The van der Waals surface area contributed by atoms with Crippen LogP contribution in [0.1, 0.15) is 12.8 Å². The van der Waals surface area contributed by atoms with Crippen LogP contribution in [0.25, 0.3) is 11.0 Å². The zero-order chi connectivity index (χ0) is 27.9. The number of likely N-dealkylation sites (N-methyl/N-ethyl adjacent to an activating group) is 1. The Bertz CT molecular complexity index is 1300. The Labute approximate surface area is 235 Å². The maximum atomic E-state index is 14.4. The Morgan fingerprint density at radius 3 is 2.72 bits per heavy atom. The summed E-state index contributed by atoms with van der Waals surface area (Å²) in [6.45, 7) is 8.21. The van der Waals surface area contributed by atoms with E-state index in [1.807, 2.05) is 24.3 Å². The number of amides is 3. The van der Waals surface area contributed by atoms with Gasteiger partial charge in [-0.05, 0) is 25.0 Å². The van der Waals surface area contributed by atoms with Crippen LogP contribution >= 0.6 is 15.9 Å². The predicted molar refractivity (Wildman–Crippen MR) is 146 cm³/mol. The van der Waals surface area contributed by atoms with Crippen LogP contribution in [-0.4, -0.2) is 108 Å². The first-order valence-corrected chi connectivity index (χ1v) is 14.0. The number of fused-ring (bicyclic) bond motifs is 2. The molecule has 208 valence electrons. The summed E-state index contributed by atoms with van der Waals surface area (Å²) in [5, 5.41) is 18.0. The molecule has 3 saturated heterocycles. The molecule has 1 aromatic heterocycles. The Balaban J connectivity index is 1.53. The second-order valence-corrected chi connectivity index (χ2v) is 11.5. The van der Waals surface area contributed by atoms with Gasteiger partial charge in [0.15, 0.2) is 0 Å². The molecule has 2 aromatic rings. The molecule has 11 nitrogen and oxygen atoms in total. The smallest absolute Gasteiger partial charge is 0.250 e. The Morgan fingerprint density at radius 1 is 1.26 bits per heavy atom. The standard InChI is InChI=1S/C27H33BrN6O5/c1-4-11-31(3)24(36)20-21-25(37)33(13-8-14-35)23(27(21)15-17(28)22(20)39-27)26(38)32(12-5-2)16-34-19-10-7-6-9-18(19)29-30-34/h4-7,9-10,17,20-23,35H,1-2,8,11-16H2,3H3/t17?,20-,21-,22-,23?,27?/m0/s1. The second-order valence-electron chi connectivity index (χ2n) is 10.3. The summed E-state index contributed by atoms with van der Waals surface area (Å²) in [5.74, 6) is -2.37. The number of rotatable bonds is 11. The maximum Gasteiger partial charge on any atom is 0.250 e. The minimum atomic E-state index is -1.18.